The van der Waals surface area contributed by atoms with Gasteiger partial charge in [-0.15, -0.1) is 10.2 Å². The highest BCUT2D eigenvalue weighted by Crippen LogP contribution is 2.27. The van der Waals surface area contributed by atoms with E-state index in [2.05, 4.69) is 20.8 Å². The van der Waals surface area contributed by atoms with Crippen LogP contribution in [0.4, 0.5) is 19.6 Å². The first-order valence-electron chi connectivity index (χ1n) is 9.09. The summed E-state index contributed by atoms with van der Waals surface area (Å²) in [5, 5.41) is 13.0. The van der Waals surface area contributed by atoms with Gasteiger partial charge in [0.1, 0.15) is 11.6 Å². The third kappa shape index (κ3) is 6.66. The van der Waals surface area contributed by atoms with Crippen molar-refractivity contribution in [3.8, 4) is 0 Å². The van der Waals surface area contributed by atoms with E-state index >= 15 is 0 Å². The molecule has 0 radical (unpaired) electrons. The van der Waals surface area contributed by atoms with Crippen LogP contribution in [0.5, 0.6) is 0 Å². The summed E-state index contributed by atoms with van der Waals surface area (Å²) < 4.78 is 51.3. The van der Waals surface area contributed by atoms with Crippen LogP contribution >= 0.6 is 23.1 Å². The summed E-state index contributed by atoms with van der Waals surface area (Å²) in [4.78, 5) is 24.3. The van der Waals surface area contributed by atoms with E-state index in [1.807, 2.05) is 0 Å². The first kappa shape index (κ1) is 23.5. The Hall–Kier alpha value is -2.16. The Morgan fingerprint density at radius 3 is 2.58 bits per heavy atom. The monoisotopic (exact) mass is 491 g/mol. The molecule has 14 heteroatoms. The number of halogens is 2. The number of carbonyl (C=O) groups is 2. The van der Waals surface area contributed by atoms with Crippen molar-refractivity contribution in [3.63, 3.8) is 0 Å². The molecule has 1 aromatic heterocycles. The van der Waals surface area contributed by atoms with E-state index in [-0.39, 0.29) is 41.5 Å². The van der Waals surface area contributed by atoms with Crippen molar-refractivity contribution in [1.82, 2.24) is 14.5 Å². The minimum Gasteiger partial charge on any atom is -0.323 e. The van der Waals surface area contributed by atoms with Crippen molar-refractivity contribution in [1.29, 1.82) is 0 Å². The summed E-state index contributed by atoms with van der Waals surface area (Å²) in [5.74, 6) is -2.78. The van der Waals surface area contributed by atoms with Gasteiger partial charge in [-0.05, 0) is 25.0 Å². The summed E-state index contributed by atoms with van der Waals surface area (Å²) in [5.41, 5.74) is -0.126. The number of nitrogens with zero attached hydrogens (tertiary/aromatic N) is 3. The van der Waals surface area contributed by atoms with Crippen LogP contribution in [0.1, 0.15) is 12.8 Å². The topological polar surface area (TPSA) is 121 Å². The molecule has 0 bridgehead atoms. The van der Waals surface area contributed by atoms with Crippen molar-refractivity contribution in [2.45, 2.75) is 17.2 Å². The zero-order valence-electron chi connectivity index (χ0n) is 16.3. The van der Waals surface area contributed by atoms with Gasteiger partial charge < -0.3 is 10.6 Å². The van der Waals surface area contributed by atoms with Crippen molar-refractivity contribution in [2.75, 3.05) is 35.7 Å². The van der Waals surface area contributed by atoms with Crippen molar-refractivity contribution in [2.24, 2.45) is 5.92 Å². The third-order valence-electron chi connectivity index (χ3n) is 4.46. The second-order valence-electron chi connectivity index (χ2n) is 6.76. The van der Waals surface area contributed by atoms with Crippen LogP contribution in [0.2, 0.25) is 0 Å². The predicted molar refractivity (Wildman–Crippen MR) is 113 cm³/mol. The standard InChI is InChI=1S/C17H19F2N5O4S3/c1-31(27,28)24-6-4-10(5-7-24)15(26)21-16-22-23-17(30-16)29-9-14(25)20-13-3-2-11(18)8-12(13)19/h2-3,8,10H,4-7,9H2,1H3,(H,20,25)(H,21,22,26). The molecule has 2 aromatic rings. The lowest BCUT2D eigenvalue weighted by Gasteiger charge is -2.29. The number of anilines is 2. The Balaban J connectivity index is 1.46. The van der Waals surface area contributed by atoms with Gasteiger partial charge in [0, 0.05) is 25.1 Å². The maximum atomic E-state index is 13.6. The summed E-state index contributed by atoms with van der Waals surface area (Å²) in [6.07, 6.45) is 1.98. The largest absolute Gasteiger partial charge is 0.323 e. The van der Waals surface area contributed by atoms with Crippen molar-refractivity contribution < 1.29 is 26.8 Å². The number of carbonyl (C=O) groups excluding carboxylic acids is 2. The lowest BCUT2D eigenvalue weighted by molar-refractivity contribution is -0.121. The first-order chi connectivity index (χ1) is 14.6. The van der Waals surface area contributed by atoms with Crippen molar-refractivity contribution in [3.05, 3.63) is 29.8 Å². The van der Waals surface area contributed by atoms with Crippen LogP contribution in [0.15, 0.2) is 22.5 Å². The van der Waals surface area contributed by atoms with Gasteiger partial charge in [0.2, 0.25) is 27.0 Å². The van der Waals surface area contributed by atoms with Crippen LogP contribution in [0.3, 0.4) is 0 Å². The van der Waals surface area contributed by atoms with Crippen LogP contribution in [0, 0.1) is 17.6 Å². The highest BCUT2D eigenvalue weighted by atomic mass is 32.2. The van der Waals surface area contributed by atoms with Gasteiger partial charge >= 0.3 is 0 Å². The molecule has 1 aliphatic heterocycles. The minimum atomic E-state index is -3.26. The molecular weight excluding hydrogens is 472 g/mol. The number of amides is 2. The normalized spacial score (nSPS) is 15.6. The summed E-state index contributed by atoms with van der Waals surface area (Å²) in [6.45, 7) is 0.579. The molecule has 0 aliphatic carbocycles. The number of rotatable bonds is 7. The number of nitrogens with one attached hydrogen (secondary N) is 2. The maximum Gasteiger partial charge on any atom is 0.234 e. The Morgan fingerprint density at radius 2 is 1.94 bits per heavy atom. The Kier molecular flexibility index (Phi) is 7.56. The van der Waals surface area contributed by atoms with Crippen LogP contribution in [-0.4, -0.2) is 59.8 Å². The van der Waals surface area contributed by atoms with E-state index in [1.54, 1.807) is 0 Å². The average Bonchev–Trinajstić information content (AvgIpc) is 3.15. The molecule has 3 rings (SSSR count). The highest BCUT2D eigenvalue weighted by molar-refractivity contribution is 8.01. The smallest absolute Gasteiger partial charge is 0.234 e. The van der Waals surface area contributed by atoms with Gasteiger partial charge in [-0.25, -0.2) is 21.5 Å². The fraction of sp³-hybridized carbons (Fsp3) is 0.412. The molecule has 9 nitrogen and oxygen atoms in total. The second kappa shape index (κ2) is 9.97. The molecule has 1 saturated heterocycles. The number of thioether (sulfide) groups is 1. The van der Waals surface area contributed by atoms with E-state index in [9.17, 15) is 26.8 Å². The SMILES string of the molecule is CS(=O)(=O)N1CCC(C(=O)Nc2nnc(SCC(=O)Nc3ccc(F)cc3F)s2)CC1. The van der Waals surface area contributed by atoms with Gasteiger partial charge in [-0.1, -0.05) is 23.1 Å². The molecule has 2 heterocycles. The quantitative estimate of drug-likeness (QED) is 0.450. The summed E-state index contributed by atoms with van der Waals surface area (Å²) >= 11 is 2.14. The van der Waals surface area contributed by atoms with E-state index in [1.165, 1.54) is 4.31 Å². The number of benzene rings is 1. The molecule has 2 amide bonds. The number of hydrogen-bond acceptors (Lipinski definition) is 8. The summed E-state index contributed by atoms with van der Waals surface area (Å²) in [7, 11) is -3.26. The fourth-order valence-electron chi connectivity index (χ4n) is 2.88. The minimum absolute atomic E-state index is 0.0800. The first-order valence-corrected chi connectivity index (χ1v) is 12.7. The summed E-state index contributed by atoms with van der Waals surface area (Å²) in [6, 6.07) is 2.84. The lowest BCUT2D eigenvalue weighted by atomic mass is 9.97. The molecule has 1 aromatic carbocycles. The molecule has 0 atom stereocenters. The zero-order valence-corrected chi connectivity index (χ0v) is 18.7. The van der Waals surface area contributed by atoms with E-state index in [0.29, 0.717) is 23.2 Å². The molecule has 168 valence electrons. The third-order valence-corrected chi connectivity index (χ3v) is 7.74. The van der Waals surface area contributed by atoms with Gasteiger partial charge in [-0.3, -0.25) is 9.59 Å². The van der Waals surface area contributed by atoms with Gasteiger partial charge in [-0.2, -0.15) is 0 Å². The fourth-order valence-corrected chi connectivity index (χ4v) is 5.31. The molecular formula is C17H19F2N5O4S3. The molecule has 0 saturated carbocycles. The zero-order chi connectivity index (χ0) is 22.6. The molecule has 0 unspecified atom stereocenters. The Labute approximate surface area is 185 Å². The van der Waals surface area contributed by atoms with Crippen LogP contribution in [-0.2, 0) is 19.6 Å². The number of hydrogen-bond donors (Lipinski definition) is 2. The maximum absolute atomic E-state index is 13.6. The molecule has 2 N–H and O–H groups in total. The lowest BCUT2D eigenvalue weighted by Crippen LogP contribution is -2.40. The van der Waals surface area contributed by atoms with E-state index in [0.717, 1.165) is 41.5 Å². The molecule has 1 fully saturated rings. The van der Waals surface area contributed by atoms with Crippen LogP contribution in [0.25, 0.3) is 0 Å². The highest BCUT2D eigenvalue weighted by Gasteiger charge is 2.29. The molecule has 31 heavy (non-hydrogen) atoms. The molecule has 0 spiro atoms. The number of piperidine rings is 1. The van der Waals surface area contributed by atoms with Gasteiger partial charge in [0.25, 0.3) is 0 Å². The van der Waals surface area contributed by atoms with Gasteiger partial charge in [0.15, 0.2) is 4.34 Å². The van der Waals surface area contributed by atoms with Crippen LogP contribution < -0.4 is 10.6 Å². The van der Waals surface area contributed by atoms with E-state index in [4.69, 9.17) is 0 Å². The Morgan fingerprint density at radius 1 is 1.23 bits per heavy atom. The second-order valence-corrected chi connectivity index (χ2v) is 10.9. The van der Waals surface area contributed by atoms with Crippen molar-refractivity contribution >= 4 is 55.8 Å². The molecule has 1 aliphatic rings. The predicted octanol–water partition coefficient (Wildman–Crippen LogP) is 2.16. The number of sulfonamides is 1. The van der Waals surface area contributed by atoms with Gasteiger partial charge in [0.05, 0.1) is 17.7 Å². The number of aromatic nitrogens is 2. The average molecular weight is 492 g/mol. The Bertz CT molecular complexity index is 1070. The van der Waals surface area contributed by atoms with E-state index < -0.39 is 27.6 Å².